The molecule has 112 valence electrons. The van der Waals surface area contributed by atoms with Crippen molar-refractivity contribution in [3.05, 3.63) is 58.7 Å². The summed E-state index contributed by atoms with van der Waals surface area (Å²) in [4.78, 5) is 0. The molecule has 0 heterocycles. The van der Waals surface area contributed by atoms with E-state index in [1.165, 1.54) is 5.56 Å². The van der Waals surface area contributed by atoms with Gasteiger partial charge in [0, 0.05) is 6.04 Å². The quantitative estimate of drug-likeness (QED) is 0.913. The van der Waals surface area contributed by atoms with Crippen LogP contribution in [0, 0.1) is 13.8 Å². The molecule has 0 aliphatic heterocycles. The lowest BCUT2D eigenvalue weighted by atomic mass is 9.96. The number of benzene rings is 2. The monoisotopic (exact) mass is 285 g/mol. The Labute approximate surface area is 126 Å². The summed E-state index contributed by atoms with van der Waals surface area (Å²) in [6.45, 7) is 4.10. The molecule has 0 amide bonds. The lowest BCUT2D eigenvalue weighted by molar-refractivity contribution is 0.408. The maximum atomic E-state index is 6.37. The SMILES string of the molecule is COc1cccc(CC(N)c2cc(C)c(OC)c(C)c2)c1. The van der Waals surface area contributed by atoms with Crippen LogP contribution in [-0.2, 0) is 6.42 Å². The summed E-state index contributed by atoms with van der Waals surface area (Å²) < 4.78 is 10.7. The number of ether oxygens (including phenoxy) is 2. The first-order chi connectivity index (χ1) is 10.0. The predicted molar refractivity (Wildman–Crippen MR) is 86.1 cm³/mol. The largest absolute Gasteiger partial charge is 0.497 e. The van der Waals surface area contributed by atoms with Gasteiger partial charge in [0.05, 0.1) is 14.2 Å². The molecule has 2 aromatic carbocycles. The molecule has 0 saturated heterocycles. The van der Waals surface area contributed by atoms with Crippen LogP contribution in [0.25, 0.3) is 0 Å². The van der Waals surface area contributed by atoms with Gasteiger partial charge in [-0.1, -0.05) is 24.3 Å². The Morgan fingerprint density at radius 2 is 1.67 bits per heavy atom. The summed E-state index contributed by atoms with van der Waals surface area (Å²) in [5.74, 6) is 1.80. The maximum absolute atomic E-state index is 6.37. The fourth-order valence-electron chi connectivity index (χ4n) is 2.69. The molecule has 0 bridgehead atoms. The number of aryl methyl sites for hydroxylation is 2. The topological polar surface area (TPSA) is 44.5 Å². The van der Waals surface area contributed by atoms with Crippen LogP contribution < -0.4 is 15.2 Å². The lowest BCUT2D eigenvalue weighted by Gasteiger charge is -2.17. The minimum absolute atomic E-state index is 0.0413. The molecule has 0 aliphatic rings. The van der Waals surface area contributed by atoms with Gasteiger partial charge < -0.3 is 15.2 Å². The molecule has 0 aliphatic carbocycles. The van der Waals surface area contributed by atoms with Gasteiger partial charge in [0.2, 0.25) is 0 Å². The van der Waals surface area contributed by atoms with Crippen molar-refractivity contribution in [1.82, 2.24) is 0 Å². The van der Waals surface area contributed by atoms with E-state index in [4.69, 9.17) is 15.2 Å². The Balaban J connectivity index is 2.22. The summed E-state index contributed by atoms with van der Waals surface area (Å²) in [6, 6.07) is 12.2. The molecule has 0 aromatic heterocycles. The summed E-state index contributed by atoms with van der Waals surface area (Å²) in [7, 11) is 3.38. The van der Waals surface area contributed by atoms with E-state index in [0.29, 0.717) is 0 Å². The molecule has 0 radical (unpaired) electrons. The van der Waals surface area contributed by atoms with Crippen molar-refractivity contribution in [3.8, 4) is 11.5 Å². The zero-order valence-corrected chi connectivity index (χ0v) is 13.1. The minimum Gasteiger partial charge on any atom is -0.497 e. The molecule has 3 heteroatoms. The smallest absolute Gasteiger partial charge is 0.124 e. The average Bonchev–Trinajstić information content (AvgIpc) is 2.47. The molecular formula is C18H23NO2. The molecule has 1 atom stereocenters. The van der Waals surface area contributed by atoms with Crippen LogP contribution in [0.2, 0.25) is 0 Å². The van der Waals surface area contributed by atoms with Crippen LogP contribution in [0.5, 0.6) is 11.5 Å². The Morgan fingerprint density at radius 3 is 2.24 bits per heavy atom. The second kappa shape index (κ2) is 6.64. The van der Waals surface area contributed by atoms with Crippen molar-refractivity contribution in [1.29, 1.82) is 0 Å². The standard InChI is InChI=1S/C18H23NO2/c1-12-8-15(9-13(2)18(12)21-4)17(19)11-14-6-5-7-16(10-14)20-3/h5-10,17H,11,19H2,1-4H3. The molecule has 21 heavy (non-hydrogen) atoms. The van der Waals surface area contributed by atoms with E-state index in [1.807, 2.05) is 32.0 Å². The first-order valence-electron chi connectivity index (χ1n) is 7.08. The van der Waals surface area contributed by atoms with E-state index in [1.54, 1.807) is 14.2 Å². The van der Waals surface area contributed by atoms with Crippen LogP contribution in [0.1, 0.15) is 28.3 Å². The Kier molecular flexibility index (Phi) is 4.86. The van der Waals surface area contributed by atoms with Crippen molar-refractivity contribution in [2.45, 2.75) is 26.3 Å². The van der Waals surface area contributed by atoms with Crippen molar-refractivity contribution < 1.29 is 9.47 Å². The second-order valence-corrected chi connectivity index (χ2v) is 5.35. The van der Waals surface area contributed by atoms with Crippen LogP contribution in [0.3, 0.4) is 0 Å². The van der Waals surface area contributed by atoms with Gasteiger partial charge in [-0.3, -0.25) is 0 Å². The van der Waals surface area contributed by atoms with E-state index >= 15 is 0 Å². The van der Waals surface area contributed by atoms with Gasteiger partial charge in [-0.25, -0.2) is 0 Å². The number of hydrogen-bond acceptors (Lipinski definition) is 3. The molecule has 3 nitrogen and oxygen atoms in total. The third-order valence-electron chi connectivity index (χ3n) is 3.70. The zero-order chi connectivity index (χ0) is 15.4. The summed E-state index contributed by atoms with van der Waals surface area (Å²) >= 11 is 0. The van der Waals surface area contributed by atoms with Gasteiger partial charge in [-0.05, 0) is 54.7 Å². The Hall–Kier alpha value is -2.00. The fraction of sp³-hybridized carbons (Fsp3) is 0.333. The Morgan fingerprint density at radius 1 is 1.00 bits per heavy atom. The van der Waals surface area contributed by atoms with Gasteiger partial charge in [0.15, 0.2) is 0 Å². The highest BCUT2D eigenvalue weighted by molar-refractivity contribution is 5.44. The minimum atomic E-state index is -0.0413. The molecule has 2 rings (SSSR count). The highest BCUT2D eigenvalue weighted by atomic mass is 16.5. The van der Waals surface area contributed by atoms with Crippen LogP contribution >= 0.6 is 0 Å². The molecule has 0 saturated carbocycles. The van der Waals surface area contributed by atoms with Crippen molar-refractivity contribution in [2.75, 3.05) is 14.2 Å². The molecule has 0 fully saturated rings. The number of nitrogens with two attached hydrogens (primary N) is 1. The summed E-state index contributed by atoms with van der Waals surface area (Å²) in [6.07, 6.45) is 0.780. The predicted octanol–water partition coefficient (Wildman–Crippen LogP) is 3.56. The first-order valence-corrected chi connectivity index (χ1v) is 7.08. The normalized spacial score (nSPS) is 12.0. The van der Waals surface area contributed by atoms with Gasteiger partial charge in [0.1, 0.15) is 11.5 Å². The number of rotatable bonds is 5. The van der Waals surface area contributed by atoms with E-state index in [0.717, 1.165) is 34.6 Å². The second-order valence-electron chi connectivity index (χ2n) is 5.35. The Bertz CT molecular complexity index is 599. The van der Waals surface area contributed by atoms with Crippen molar-refractivity contribution in [2.24, 2.45) is 5.73 Å². The van der Waals surface area contributed by atoms with Gasteiger partial charge >= 0.3 is 0 Å². The molecular weight excluding hydrogens is 262 g/mol. The van der Waals surface area contributed by atoms with E-state index in [9.17, 15) is 0 Å². The van der Waals surface area contributed by atoms with Crippen molar-refractivity contribution >= 4 is 0 Å². The lowest BCUT2D eigenvalue weighted by Crippen LogP contribution is -2.14. The first kappa shape index (κ1) is 15.4. The number of hydrogen-bond donors (Lipinski definition) is 1. The molecule has 2 N–H and O–H groups in total. The third-order valence-corrected chi connectivity index (χ3v) is 3.70. The van der Waals surface area contributed by atoms with E-state index < -0.39 is 0 Å². The van der Waals surface area contributed by atoms with Gasteiger partial charge in [0.25, 0.3) is 0 Å². The van der Waals surface area contributed by atoms with Crippen LogP contribution in [0.15, 0.2) is 36.4 Å². The van der Waals surface area contributed by atoms with Gasteiger partial charge in [-0.15, -0.1) is 0 Å². The fourth-order valence-corrected chi connectivity index (χ4v) is 2.69. The zero-order valence-electron chi connectivity index (χ0n) is 13.1. The average molecular weight is 285 g/mol. The molecule has 1 unspecified atom stereocenters. The highest BCUT2D eigenvalue weighted by Crippen LogP contribution is 2.28. The molecule has 0 spiro atoms. The van der Waals surface area contributed by atoms with Gasteiger partial charge in [-0.2, -0.15) is 0 Å². The summed E-state index contributed by atoms with van der Waals surface area (Å²) in [5.41, 5.74) is 10.9. The maximum Gasteiger partial charge on any atom is 0.124 e. The number of methoxy groups -OCH3 is 2. The summed E-state index contributed by atoms with van der Waals surface area (Å²) in [5, 5.41) is 0. The van der Waals surface area contributed by atoms with Crippen LogP contribution in [-0.4, -0.2) is 14.2 Å². The highest BCUT2D eigenvalue weighted by Gasteiger charge is 2.12. The van der Waals surface area contributed by atoms with E-state index in [2.05, 4.69) is 18.2 Å². The van der Waals surface area contributed by atoms with Crippen molar-refractivity contribution in [3.63, 3.8) is 0 Å². The third kappa shape index (κ3) is 3.56. The molecule has 2 aromatic rings. The van der Waals surface area contributed by atoms with E-state index in [-0.39, 0.29) is 6.04 Å². The van der Waals surface area contributed by atoms with Crippen LogP contribution in [0.4, 0.5) is 0 Å².